The molecule has 1 heterocycles. The number of aromatic nitrogens is 1. The minimum absolute atomic E-state index is 0.109. The van der Waals surface area contributed by atoms with Gasteiger partial charge in [0.05, 0.1) is 18.4 Å². The Morgan fingerprint density at radius 1 is 1.40 bits per heavy atom. The zero-order chi connectivity index (χ0) is 15.1. The van der Waals surface area contributed by atoms with Gasteiger partial charge >= 0.3 is 0 Å². The van der Waals surface area contributed by atoms with Crippen LogP contribution in [0.4, 0.5) is 4.39 Å². The number of likely N-dealkylation sites (N-methyl/N-ethyl adjacent to an activating group) is 1. The van der Waals surface area contributed by atoms with E-state index in [0.29, 0.717) is 0 Å². The van der Waals surface area contributed by atoms with E-state index in [1.165, 1.54) is 29.2 Å². The molecule has 20 heavy (non-hydrogen) atoms. The Kier molecular flexibility index (Phi) is 6.05. The third-order valence-electron chi connectivity index (χ3n) is 2.68. The van der Waals surface area contributed by atoms with Crippen LogP contribution in [0, 0.1) is 5.82 Å². The quantitative estimate of drug-likeness (QED) is 0.758. The van der Waals surface area contributed by atoms with Gasteiger partial charge in [0.1, 0.15) is 6.54 Å². The zero-order valence-electron chi connectivity index (χ0n) is 11.8. The lowest BCUT2D eigenvalue weighted by Gasteiger charge is -2.23. The van der Waals surface area contributed by atoms with Crippen molar-refractivity contribution in [2.24, 2.45) is 0 Å². The first kappa shape index (κ1) is 16.0. The summed E-state index contributed by atoms with van der Waals surface area (Å²) in [7, 11) is 4.67. The second kappa shape index (κ2) is 7.54. The lowest BCUT2D eigenvalue weighted by atomic mass is 10.2. The number of hydrogen-bond donors (Lipinski definition) is 0. The minimum atomic E-state index is -0.711. The highest BCUT2D eigenvalue weighted by Crippen LogP contribution is 2.09. The Morgan fingerprint density at radius 2 is 2.10 bits per heavy atom. The topological polar surface area (TPSA) is 62.7 Å². The molecule has 0 aromatic carbocycles. The summed E-state index contributed by atoms with van der Waals surface area (Å²) in [5.41, 5.74) is -0.109. The van der Waals surface area contributed by atoms with Gasteiger partial charge in [-0.25, -0.2) is 4.39 Å². The molecule has 0 aliphatic carbocycles. The second-order valence-electron chi connectivity index (χ2n) is 4.36. The van der Waals surface area contributed by atoms with Crippen molar-refractivity contribution in [2.75, 3.05) is 40.9 Å². The van der Waals surface area contributed by atoms with Gasteiger partial charge in [-0.2, -0.15) is 0 Å². The first-order valence-electron chi connectivity index (χ1n) is 6.05. The third-order valence-corrected chi connectivity index (χ3v) is 2.68. The van der Waals surface area contributed by atoms with Crippen LogP contribution in [0.3, 0.4) is 0 Å². The maximum Gasteiger partial charge on any atom is 0.257 e. The number of methoxy groups -OCH3 is 1. The number of hydrogen-bond acceptors (Lipinski definition) is 4. The van der Waals surface area contributed by atoms with E-state index >= 15 is 0 Å². The van der Waals surface area contributed by atoms with Gasteiger partial charge in [0.2, 0.25) is 5.91 Å². The Hall–Kier alpha value is -2.02. The average Bonchev–Trinajstić information content (AvgIpc) is 2.42. The van der Waals surface area contributed by atoms with Gasteiger partial charge in [-0.3, -0.25) is 14.6 Å². The summed E-state index contributed by atoms with van der Waals surface area (Å²) in [6.45, 7) is 0.340. The summed E-state index contributed by atoms with van der Waals surface area (Å²) >= 11 is 0. The van der Waals surface area contributed by atoms with Gasteiger partial charge in [-0.15, -0.1) is 0 Å². The van der Waals surface area contributed by atoms with Crippen molar-refractivity contribution in [1.82, 2.24) is 14.8 Å². The van der Waals surface area contributed by atoms with Crippen LogP contribution in [-0.2, 0) is 9.53 Å². The SMILES string of the molecule is COCCN(CC(=O)N(C)C)C(=O)c1ccncc1F. The fourth-order valence-corrected chi connectivity index (χ4v) is 1.48. The second-order valence-corrected chi connectivity index (χ2v) is 4.36. The third kappa shape index (κ3) is 4.27. The number of rotatable bonds is 6. The van der Waals surface area contributed by atoms with E-state index in [-0.39, 0.29) is 31.2 Å². The first-order chi connectivity index (χ1) is 9.47. The van der Waals surface area contributed by atoms with Crippen LogP contribution < -0.4 is 0 Å². The minimum Gasteiger partial charge on any atom is -0.383 e. The number of carbonyl (C=O) groups is 2. The van der Waals surface area contributed by atoms with Crippen LogP contribution >= 0.6 is 0 Å². The molecule has 0 saturated heterocycles. The maximum atomic E-state index is 13.6. The predicted octanol–water partition coefficient (Wildman–Crippen LogP) is 0.397. The molecule has 1 aromatic heterocycles. The average molecular weight is 283 g/mol. The Morgan fingerprint density at radius 3 is 2.65 bits per heavy atom. The fourth-order valence-electron chi connectivity index (χ4n) is 1.48. The van der Waals surface area contributed by atoms with Crippen LogP contribution in [-0.4, -0.2) is 67.5 Å². The van der Waals surface area contributed by atoms with Crippen LogP contribution in [0.2, 0.25) is 0 Å². The molecule has 0 spiro atoms. The van der Waals surface area contributed by atoms with E-state index in [2.05, 4.69) is 4.98 Å². The molecule has 0 unspecified atom stereocenters. The highest BCUT2D eigenvalue weighted by atomic mass is 19.1. The van der Waals surface area contributed by atoms with Crippen molar-refractivity contribution in [3.8, 4) is 0 Å². The smallest absolute Gasteiger partial charge is 0.257 e. The number of ether oxygens (including phenoxy) is 1. The molecule has 110 valence electrons. The molecule has 1 rings (SSSR count). The standard InChI is InChI=1S/C13H18FN3O3/c1-16(2)12(18)9-17(6-7-20-3)13(19)10-4-5-15-8-11(10)14/h4-5,8H,6-7,9H2,1-3H3. The lowest BCUT2D eigenvalue weighted by molar-refractivity contribution is -0.129. The summed E-state index contributed by atoms with van der Waals surface area (Å²) < 4.78 is 18.5. The highest BCUT2D eigenvalue weighted by Gasteiger charge is 2.22. The van der Waals surface area contributed by atoms with Crippen LogP contribution in [0.1, 0.15) is 10.4 Å². The van der Waals surface area contributed by atoms with Crippen molar-refractivity contribution < 1.29 is 18.7 Å². The number of nitrogens with zero attached hydrogens (tertiary/aromatic N) is 3. The summed E-state index contributed by atoms with van der Waals surface area (Å²) in [6, 6.07) is 1.29. The largest absolute Gasteiger partial charge is 0.383 e. The van der Waals surface area contributed by atoms with Gasteiger partial charge in [-0.1, -0.05) is 0 Å². The van der Waals surface area contributed by atoms with E-state index in [9.17, 15) is 14.0 Å². The Labute approximate surface area is 117 Å². The van der Waals surface area contributed by atoms with Crippen LogP contribution in [0.25, 0.3) is 0 Å². The molecule has 0 N–H and O–H groups in total. The monoisotopic (exact) mass is 283 g/mol. The summed E-state index contributed by atoms with van der Waals surface area (Å²) in [6.07, 6.45) is 2.30. The molecular weight excluding hydrogens is 265 g/mol. The summed E-state index contributed by atoms with van der Waals surface area (Å²) in [5, 5.41) is 0. The molecule has 6 nitrogen and oxygen atoms in total. The molecule has 1 aromatic rings. The normalized spacial score (nSPS) is 10.2. The van der Waals surface area contributed by atoms with Crippen LogP contribution in [0.15, 0.2) is 18.5 Å². The molecule has 0 bridgehead atoms. The first-order valence-corrected chi connectivity index (χ1v) is 6.05. The predicted molar refractivity (Wildman–Crippen MR) is 70.7 cm³/mol. The number of amides is 2. The van der Waals surface area contributed by atoms with Crippen molar-refractivity contribution in [3.63, 3.8) is 0 Å². The van der Waals surface area contributed by atoms with Crippen molar-refractivity contribution in [2.45, 2.75) is 0 Å². The number of halogens is 1. The maximum absolute atomic E-state index is 13.6. The van der Waals surface area contributed by atoms with Gasteiger partial charge in [0.15, 0.2) is 5.82 Å². The van der Waals surface area contributed by atoms with E-state index in [1.807, 2.05) is 0 Å². The van der Waals surface area contributed by atoms with Gasteiger partial charge < -0.3 is 14.5 Å². The molecule has 7 heteroatoms. The molecule has 0 fully saturated rings. The number of carbonyl (C=O) groups excluding carboxylic acids is 2. The lowest BCUT2D eigenvalue weighted by Crippen LogP contribution is -2.42. The Balaban J connectivity index is 2.89. The zero-order valence-corrected chi connectivity index (χ0v) is 11.8. The van der Waals surface area contributed by atoms with E-state index in [0.717, 1.165) is 6.20 Å². The van der Waals surface area contributed by atoms with E-state index in [4.69, 9.17) is 4.74 Å². The molecule has 2 amide bonds. The highest BCUT2D eigenvalue weighted by molar-refractivity contribution is 5.96. The molecule has 0 aliphatic heterocycles. The van der Waals surface area contributed by atoms with Crippen molar-refractivity contribution >= 4 is 11.8 Å². The van der Waals surface area contributed by atoms with Crippen molar-refractivity contribution in [1.29, 1.82) is 0 Å². The Bertz CT molecular complexity index is 480. The number of pyridine rings is 1. The van der Waals surface area contributed by atoms with Gasteiger partial charge in [0.25, 0.3) is 5.91 Å². The van der Waals surface area contributed by atoms with Crippen LogP contribution in [0.5, 0.6) is 0 Å². The summed E-state index contributed by atoms with van der Waals surface area (Å²) in [4.78, 5) is 30.2. The molecule has 0 saturated carbocycles. The van der Waals surface area contributed by atoms with Gasteiger partial charge in [0, 0.05) is 33.9 Å². The molecule has 0 atom stereocenters. The van der Waals surface area contributed by atoms with Crippen molar-refractivity contribution in [3.05, 3.63) is 29.8 Å². The molecular formula is C13H18FN3O3. The fraction of sp³-hybridized carbons (Fsp3) is 0.462. The molecule has 0 aliphatic rings. The molecule has 0 radical (unpaired) electrons. The van der Waals surface area contributed by atoms with E-state index < -0.39 is 11.7 Å². The summed E-state index contributed by atoms with van der Waals surface area (Å²) in [5.74, 6) is -1.52. The van der Waals surface area contributed by atoms with Gasteiger partial charge in [-0.05, 0) is 6.07 Å². The van der Waals surface area contributed by atoms with E-state index in [1.54, 1.807) is 14.1 Å².